The fourth-order valence-electron chi connectivity index (χ4n) is 11.0. The Morgan fingerprint density at radius 1 is 0.935 bits per heavy atom. The zero-order valence-electron chi connectivity index (χ0n) is 36.0. The second-order valence-electron chi connectivity index (χ2n) is 18.2. The number of fused-ring (bicyclic) bond motifs is 5. The van der Waals surface area contributed by atoms with Gasteiger partial charge in [-0.1, -0.05) is 56.4 Å². The van der Waals surface area contributed by atoms with E-state index >= 15 is 4.79 Å². The number of carbonyl (C=O) groups is 6. The van der Waals surface area contributed by atoms with Crippen LogP contribution in [-0.4, -0.2) is 111 Å². The van der Waals surface area contributed by atoms with Crippen LogP contribution >= 0.6 is 0 Å². The second-order valence-corrected chi connectivity index (χ2v) is 18.2. The van der Waals surface area contributed by atoms with Crippen molar-refractivity contribution in [3.63, 3.8) is 0 Å². The average Bonchev–Trinajstić information content (AvgIpc) is 3.24. The van der Waals surface area contributed by atoms with Crippen molar-refractivity contribution in [2.75, 3.05) is 6.61 Å². The minimum atomic E-state index is -2.21. The summed E-state index contributed by atoms with van der Waals surface area (Å²) in [4.78, 5) is 83.8. The SMILES string of the molecule is CC(=O)O[C@H]1C(=O)[C@@]2(C)C([C@H](O)[C@]3(OC(=O)c4ccccc4)C[C@H](OC(=O)[C@H](O)[C@@H](NC(=O)C4=CCCCC4)C4=CC=CCC4)C(C)=C1C3(C)C)[C@]1(OC(C)=O)CO[C@@H]1C[C@@H]2O. The Labute approximate surface area is 360 Å². The van der Waals surface area contributed by atoms with Crippen LogP contribution in [0.2, 0.25) is 0 Å². The van der Waals surface area contributed by atoms with Crippen LogP contribution in [0, 0.1) is 16.7 Å². The predicted molar refractivity (Wildman–Crippen MR) is 220 cm³/mol. The maximum absolute atomic E-state index is 15.4. The van der Waals surface area contributed by atoms with Gasteiger partial charge >= 0.3 is 23.9 Å². The third-order valence-corrected chi connectivity index (χ3v) is 14.3. The van der Waals surface area contributed by atoms with Crippen LogP contribution in [-0.2, 0) is 47.7 Å². The highest BCUT2D eigenvalue weighted by Crippen LogP contribution is 2.64. The summed E-state index contributed by atoms with van der Waals surface area (Å²) < 4.78 is 30.6. The molecular formula is C47H57NO14. The van der Waals surface area contributed by atoms with Crippen LogP contribution in [0.4, 0.5) is 0 Å². The quantitative estimate of drug-likeness (QED) is 0.149. The summed E-state index contributed by atoms with van der Waals surface area (Å²) in [7, 11) is 0. The van der Waals surface area contributed by atoms with Crippen molar-refractivity contribution >= 4 is 35.6 Å². The first-order chi connectivity index (χ1) is 29.3. The number of nitrogens with one attached hydrogen (secondary N) is 1. The third kappa shape index (κ3) is 7.43. The zero-order chi connectivity index (χ0) is 44.9. The smallest absolute Gasteiger partial charge is 0.338 e. The summed E-state index contributed by atoms with van der Waals surface area (Å²) in [6, 6.07) is 6.73. The molecule has 5 aliphatic carbocycles. The van der Waals surface area contributed by atoms with E-state index < -0.39 is 113 Å². The van der Waals surface area contributed by atoms with Gasteiger partial charge in [-0.05, 0) is 81.2 Å². The lowest BCUT2D eigenvalue weighted by atomic mass is 9.44. The molecule has 334 valence electrons. The average molecular weight is 860 g/mol. The first-order valence-corrected chi connectivity index (χ1v) is 21.4. The normalized spacial score (nSPS) is 34.5. The van der Waals surface area contributed by atoms with Gasteiger partial charge in [0.2, 0.25) is 5.91 Å². The van der Waals surface area contributed by atoms with E-state index in [9.17, 15) is 39.3 Å². The molecule has 1 unspecified atom stereocenters. The van der Waals surface area contributed by atoms with Crippen LogP contribution < -0.4 is 5.32 Å². The van der Waals surface area contributed by atoms with Gasteiger partial charge in [-0.3, -0.25) is 19.2 Å². The van der Waals surface area contributed by atoms with Crippen LogP contribution in [0.1, 0.15) is 103 Å². The molecule has 1 heterocycles. The van der Waals surface area contributed by atoms with Gasteiger partial charge in [0.25, 0.3) is 0 Å². The van der Waals surface area contributed by atoms with Crippen molar-refractivity contribution in [1.82, 2.24) is 5.32 Å². The van der Waals surface area contributed by atoms with E-state index in [2.05, 4.69) is 5.32 Å². The first kappa shape index (κ1) is 45.1. The van der Waals surface area contributed by atoms with Gasteiger partial charge in [0.1, 0.15) is 18.3 Å². The molecule has 6 aliphatic rings. The number of carbonyl (C=O) groups excluding carboxylic acids is 6. The molecule has 2 saturated carbocycles. The topological polar surface area (TPSA) is 221 Å². The lowest BCUT2D eigenvalue weighted by molar-refractivity contribution is -0.346. The van der Waals surface area contributed by atoms with Gasteiger partial charge in [-0.25, -0.2) is 9.59 Å². The Hall–Kier alpha value is -4.96. The van der Waals surface area contributed by atoms with E-state index in [-0.39, 0.29) is 29.7 Å². The highest BCUT2D eigenvalue weighted by atomic mass is 16.6. The number of aliphatic hydroxyl groups excluding tert-OH is 3. The van der Waals surface area contributed by atoms with Crippen LogP contribution in [0.15, 0.2) is 76.9 Å². The number of esters is 4. The highest BCUT2D eigenvalue weighted by molar-refractivity contribution is 5.96. The number of hydrogen-bond donors (Lipinski definition) is 4. The summed E-state index contributed by atoms with van der Waals surface area (Å²) >= 11 is 0. The van der Waals surface area contributed by atoms with Gasteiger partial charge < -0.3 is 44.3 Å². The van der Waals surface area contributed by atoms with Gasteiger partial charge in [0, 0.05) is 43.6 Å². The predicted octanol–water partition coefficient (Wildman–Crippen LogP) is 3.83. The summed E-state index contributed by atoms with van der Waals surface area (Å²) in [5, 5.41) is 40.1. The number of allylic oxidation sites excluding steroid dienone is 4. The summed E-state index contributed by atoms with van der Waals surface area (Å²) in [5.41, 5.74) is -6.16. The van der Waals surface area contributed by atoms with Crippen molar-refractivity contribution < 1.29 is 67.8 Å². The molecule has 11 atom stereocenters. The molecule has 0 aromatic heterocycles. The fourth-order valence-corrected chi connectivity index (χ4v) is 11.0. The molecule has 0 radical (unpaired) electrons. The van der Waals surface area contributed by atoms with Crippen molar-refractivity contribution in [3.8, 4) is 0 Å². The van der Waals surface area contributed by atoms with Gasteiger partial charge in [0.15, 0.2) is 29.2 Å². The van der Waals surface area contributed by atoms with Crippen LogP contribution in [0.3, 0.4) is 0 Å². The molecule has 0 spiro atoms. The number of rotatable bonds is 10. The minimum Gasteiger partial charge on any atom is -0.456 e. The molecule has 1 aliphatic heterocycles. The molecule has 1 aromatic rings. The number of Topliss-reactive ketones (excluding diaryl/α,β-unsaturated/α-hetero) is 1. The van der Waals surface area contributed by atoms with Gasteiger partial charge in [0.05, 0.1) is 29.7 Å². The third-order valence-electron chi connectivity index (χ3n) is 14.3. The van der Waals surface area contributed by atoms with E-state index in [0.717, 1.165) is 33.1 Å². The van der Waals surface area contributed by atoms with E-state index in [4.69, 9.17) is 23.7 Å². The molecule has 15 heteroatoms. The van der Waals surface area contributed by atoms with E-state index in [1.54, 1.807) is 51.1 Å². The van der Waals surface area contributed by atoms with Gasteiger partial charge in [-0.15, -0.1) is 0 Å². The number of aliphatic hydroxyl groups is 3. The molecule has 7 rings (SSSR count). The molecule has 3 fully saturated rings. The Morgan fingerprint density at radius 3 is 2.26 bits per heavy atom. The maximum Gasteiger partial charge on any atom is 0.338 e. The molecule has 1 aromatic carbocycles. The largest absolute Gasteiger partial charge is 0.456 e. The molecular weight excluding hydrogens is 803 g/mol. The van der Waals surface area contributed by atoms with Crippen molar-refractivity contribution in [3.05, 3.63) is 82.5 Å². The summed E-state index contributed by atoms with van der Waals surface area (Å²) in [6.07, 6.45) is 0.930. The first-order valence-electron chi connectivity index (χ1n) is 21.4. The molecule has 15 nitrogen and oxygen atoms in total. The molecule has 1 saturated heterocycles. The summed E-state index contributed by atoms with van der Waals surface area (Å²) in [5.74, 6) is -6.54. The number of hydrogen-bond acceptors (Lipinski definition) is 14. The van der Waals surface area contributed by atoms with E-state index in [1.165, 1.54) is 19.1 Å². The fraction of sp³-hybridized carbons (Fsp3) is 0.574. The Morgan fingerprint density at radius 2 is 1.66 bits per heavy atom. The van der Waals surface area contributed by atoms with Crippen molar-refractivity contribution in [2.24, 2.45) is 16.7 Å². The number of amides is 1. The molecule has 62 heavy (non-hydrogen) atoms. The molecule has 1 amide bonds. The number of ether oxygens (including phenoxy) is 5. The lowest BCUT2D eigenvalue weighted by Gasteiger charge is -2.67. The number of benzene rings is 1. The monoisotopic (exact) mass is 859 g/mol. The zero-order valence-corrected chi connectivity index (χ0v) is 36.0. The highest BCUT2D eigenvalue weighted by Gasteiger charge is 2.78. The second kappa shape index (κ2) is 17.0. The minimum absolute atomic E-state index is 0.0331. The van der Waals surface area contributed by atoms with E-state index in [1.807, 2.05) is 12.2 Å². The van der Waals surface area contributed by atoms with Crippen LogP contribution in [0.5, 0.6) is 0 Å². The molecule has 4 N–H and O–H groups in total. The van der Waals surface area contributed by atoms with Crippen molar-refractivity contribution in [1.29, 1.82) is 0 Å². The number of ketones is 1. The summed E-state index contributed by atoms with van der Waals surface area (Å²) in [6.45, 7) is 8.13. The Balaban J connectivity index is 1.39. The lowest BCUT2D eigenvalue weighted by Crippen LogP contribution is -2.81. The maximum atomic E-state index is 15.4. The van der Waals surface area contributed by atoms with Crippen LogP contribution in [0.25, 0.3) is 0 Å². The van der Waals surface area contributed by atoms with Gasteiger partial charge in [-0.2, -0.15) is 0 Å². The van der Waals surface area contributed by atoms with Crippen molar-refractivity contribution in [2.45, 2.75) is 147 Å². The Kier molecular flexibility index (Phi) is 12.3. The standard InChI is InChI=1S/C47H57NO14/c1-25-31(60-43(57)36(52)35(28-16-10-7-11-17-28)48-41(55)29-18-12-8-13-19-29)23-47(62-42(56)30-20-14-9-15-21-30)40(54)38-45(6,32(51)22-33-46(38,24-58-33)61-27(3)50)39(53)37(59-26(2)49)34(25)44(47,4)5/h7,9-10,14-16,18,20-21,31-33,35-38,40,51-52,54H,8,11-13,17,19,22-24H2,1-6H3,(H,48,55)/t31-,32-,33+,35-,36+,37+,38?,40-,45+,46-,47+/m0/s1. The molecule has 2 bridgehead atoms. The Bertz CT molecular complexity index is 2140. The van der Waals surface area contributed by atoms with E-state index in [0.29, 0.717) is 30.4 Å².